The zero-order valence-corrected chi connectivity index (χ0v) is 30.4. The summed E-state index contributed by atoms with van der Waals surface area (Å²) in [5, 5.41) is 20.5. The Morgan fingerprint density at radius 1 is 0.952 bits per heavy atom. The van der Waals surface area contributed by atoms with E-state index in [1.54, 1.807) is 0 Å². The van der Waals surface area contributed by atoms with Gasteiger partial charge in [0, 0.05) is 12.5 Å². The molecule has 1 aromatic rings. The number of allylic oxidation sites excluding steroid dienone is 2. The number of benzene rings is 1. The maximum absolute atomic E-state index is 11.3. The molecule has 0 radical (unpaired) electrons. The number of aliphatic carboxylic acids is 1. The fourth-order valence-corrected chi connectivity index (χ4v) is 8.32. The standard InChI is InChI=1S/C35H62O5Si2/c1-34(2,3)41(7,8)39-28(23-22-27-18-14-13-15-19-27)24-25-30-29(20-16-11-12-17-21-33(37)38)31(36)26-32(30)40-42(9,10)35(4,5)6/h11,13-16,18-19,28-32,36H,12,17,20-26H2,1-10H3,(H,37,38)/b16-11-/t28-,29+,30+,31-,32+/m0/s1. The summed E-state index contributed by atoms with van der Waals surface area (Å²) in [6, 6.07) is 10.7. The Labute approximate surface area is 259 Å². The molecule has 5 nitrogen and oxygen atoms in total. The van der Waals surface area contributed by atoms with Crippen LogP contribution in [-0.2, 0) is 20.1 Å². The minimum Gasteiger partial charge on any atom is -0.481 e. The third-order valence-corrected chi connectivity index (χ3v) is 19.3. The number of aliphatic hydroxyl groups excluding tert-OH is 1. The number of carbonyl (C=O) groups is 1. The molecule has 0 aromatic heterocycles. The van der Waals surface area contributed by atoms with Crippen molar-refractivity contribution in [1.82, 2.24) is 0 Å². The molecule has 5 atom stereocenters. The minimum atomic E-state index is -2.02. The van der Waals surface area contributed by atoms with Crippen LogP contribution >= 0.6 is 0 Å². The lowest BCUT2D eigenvalue weighted by Gasteiger charge is -2.41. The van der Waals surface area contributed by atoms with Crippen LogP contribution in [0.25, 0.3) is 0 Å². The summed E-state index contributed by atoms with van der Waals surface area (Å²) in [5.41, 5.74) is 1.35. The highest BCUT2D eigenvalue weighted by atomic mass is 28.4. The number of aliphatic hydroxyl groups is 1. The quantitative estimate of drug-likeness (QED) is 0.110. The number of carboxylic acid groups (broad SMARTS) is 1. The van der Waals surface area contributed by atoms with Crippen LogP contribution < -0.4 is 0 Å². The molecule has 0 aliphatic heterocycles. The Balaban J connectivity index is 2.25. The van der Waals surface area contributed by atoms with E-state index in [1.807, 2.05) is 0 Å². The van der Waals surface area contributed by atoms with Crippen molar-refractivity contribution in [2.75, 3.05) is 0 Å². The monoisotopic (exact) mass is 618 g/mol. The molecule has 1 fully saturated rings. The van der Waals surface area contributed by atoms with Crippen molar-refractivity contribution in [2.24, 2.45) is 11.8 Å². The molecule has 0 amide bonds. The van der Waals surface area contributed by atoms with Crippen LogP contribution in [0.4, 0.5) is 0 Å². The lowest BCUT2D eigenvalue weighted by Crippen LogP contribution is -2.45. The molecule has 0 heterocycles. The highest BCUT2D eigenvalue weighted by molar-refractivity contribution is 6.74. The molecule has 0 spiro atoms. The fourth-order valence-electron chi connectivity index (χ4n) is 5.52. The Hall–Kier alpha value is -1.26. The van der Waals surface area contributed by atoms with Crippen LogP contribution in [0.1, 0.15) is 98.5 Å². The molecular weight excluding hydrogens is 557 g/mol. The molecule has 1 saturated carbocycles. The SMILES string of the molecule is CC(C)(C)[Si](C)(C)O[C@@H](CCc1ccccc1)CC[C@@H]1[C@@H](C/C=C\CCCC(=O)O)[C@@H](O)C[C@H]1O[Si](C)(C)C(C)(C)C. The Morgan fingerprint density at radius 2 is 1.57 bits per heavy atom. The number of hydrogen-bond acceptors (Lipinski definition) is 4. The van der Waals surface area contributed by atoms with Gasteiger partial charge >= 0.3 is 5.97 Å². The average Bonchev–Trinajstić information content (AvgIpc) is 3.14. The van der Waals surface area contributed by atoms with Crippen LogP contribution in [0.3, 0.4) is 0 Å². The molecule has 2 N–H and O–H groups in total. The molecule has 42 heavy (non-hydrogen) atoms. The van der Waals surface area contributed by atoms with Gasteiger partial charge in [-0.2, -0.15) is 0 Å². The molecule has 240 valence electrons. The summed E-state index contributed by atoms with van der Waals surface area (Å²) in [6.45, 7) is 23.1. The van der Waals surface area contributed by atoms with Gasteiger partial charge in [-0.05, 0) is 105 Å². The maximum Gasteiger partial charge on any atom is 0.303 e. The van der Waals surface area contributed by atoms with Gasteiger partial charge in [-0.3, -0.25) is 4.79 Å². The number of aryl methyl sites for hydroxylation is 1. The summed E-state index contributed by atoms with van der Waals surface area (Å²) in [7, 11) is -3.98. The zero-order chi connectivity index (χ0) is 31.8. The second-order valence-corrected chi connectivity index (χ2v) is 25.2. The fraction of sp³-hybridized carbons (Fsp3) is 0.743. The van der Waals surface area contributed by atoms with Crippen molar-refractivity contribution in [3.8, 4) is 0 Å². The van der Waals surface area contributed by atoms with Gasteiger partial charge in [-0.1, -0.05) is 84.0 Å². The van der Waals surface area contributed by atoms with E-state index in [-0.39, 0.29) is 40.5 Å². The third kappa shape index (κ3) is 11.3. The number of rotatable bonds is 16. The van der Waals surface area contributed by atoms with Gasteiger partial charge in [0.1, 0.15) is 0 Å². The second kappa shape index (κ2) is 15.6. The maximum atomic E-state index is 11.3. The molecule has 2 rings (SSSR count). The predicted octanol–water partition coefficient (Wildman–Crippen LogP) is 9.38. The van der Waals surface area contributed by atoms with Crippen molar-refractivity contribution in [3.63, 3.8) is 0 Å². The first kappa shape index (κ1) is 36.9. The van der Waals surface area contributed by atoms with Gasteiger partial charge in [0.15, 0.2) is 16.6 Å². The van der Waals surface area contributed by atoms with E-state index in [9.17, 15) is 9.90 Å². The van der Waals surface area contributed by atoms with Crippen LogP contribution in [0.2, 0.25) is 36.3 Å². The van der Waals surface area contributed by atoms with Crippen LogP contribution in [-0.4, -0.2) is 51.1 Å². The van der Waals surface area contributed by atoms with Gasteiger partial charge in [0.05, 0.1) is 12.2 Å². The summed E-state index contributed by atoms with van der Waals surface area (Å²) < 4.78 is 14.1. The molecular formula is C35H62O5Si2. The van der Waals surface area contributed by atoms with Crippen LogP contribution in [0.15, 0.2) is 42.5 Å². The van der Waals surface area contributed by atoms with Crippen LogP contribution in [0, 0.1) is 11.8 Å². The van der Waals surface area contributed by atoms with E-state index in [1.165, 1.54) is 5.56 Å². The van der Waals surface area contributed by atoms with E-state index in [2.05, 4.69) is 110 Å². The van der Waals surface area contributed by atoms with Crippen molar-refractivity contribution in [2.45, 2.75) is 154 Å². The first-order chi connectivity index (χ1) is 19.3. The van der Waals surface area contributed by atoms with Gasteiger partial charge in [-0.25, -0.2) is 0 Å². The summed E-state index contributed by atoms with van der Waals surface area (Å²) in [5.74, 6) is -0.347. The Bertz CT molecular complexity index is 977. The first-order valence-corrected chi connectivity index (χ1v) is 22.1. The highest BCUT2D eigenvalue weighted by Crippen LogP contribution is 2.46. The average molecular weight is 619 g/mol. The van der Waals surface area contributed by atoms with Gasteiger partial charge in [0.2, 0.25) is 0 Å². The molecule has 1 aliphatic carbocycles. The zero-order valence-electron chi connectivity index (χ0n) is 28.4. The number of hydrogen-bond donors (Lipinski definition) is 2. The molecule has 1 aromatic carbocycles. The molecule has 7 heteroatoms. The summed E-state index contributed by atoms with van der Waals surface area (Å²) in [6.07, 6.45) is 11.1. The predicted molar refractivity (Wildman–Crippen MR) is 181 cm³/mol. The molecule has 0 bridgehead atoms. The second-order valence-electron chi connectivity index (χ2n) is 15.6. The number of carboxylic acids is 1. The molecule has 1 aliphatic rings. The first-order valence-electron chi connectivity index (χ1n) is 16.3. The Kier molecular flexibility index (Phi) is 13.8. The van der Waals surface area contributed by atoms with Crippen molar-refractivity contribution < 1.29 is 23.9 Å². The van der Waals surface area contributed by atoms with E-state index in [4.69, 9.17) is 14.0 Å². The van der Waals surface area contributed by atoms with Crippen molar-refractivity contribution in [1.29, 1.82) is 0 Å². The molecule has 0 saturated heterocycles. The topological polar surface area (TPSA) is 76.0 Å². The summed E-state index contributed by atoms with van der Waals surface area (Å²) in [4.78, 5) is 10.9. The van der Waals surface area contributed by atoms with Crippen molar-refractivity contribution in [3.05, 3.63) is 48.0 Å². The van der Waals surface area contributed by atoms with E-state index in [0.29, 0.717) is 12.8 Å². The van der Waals surface area contributed by atoms with Gasteiger partial charge in [0.25, 0.3) is 0 Å². The third-order valence-electron chi connectivity index (χ3n) is 10.3. The Morgan fingerprint density at radius 3 is 2.14 bits per heavy atom. The normalized spacial score (nSPS) is 23.0. The lowest BCUT2D eigenvalue weighted by molar-refractivity contribution is -0.137. The smallest absolute Gasteiger partial charge is 0.303 e. The van der Waals surface area contributed by atoms with Crippen molar-refractivity contribution >= 4 is 22.6 Å². The van der Waals surface area contributed by atoms with Gasteiger partial charge < -0.3 is 19.1 Å². The van der Waals surface area contributed by atoms with E-state index >= 15 is 0 Å². The van der Waals surface area contributed by atoms with Crippen LogP contribution in [0.5, 0.6) is 0 Å². The van der Waals surface area contributed by atoms with E-state index < -0.39 is 28.7 Å². The molecule has 0 unspecified atom stereocenters. The number of unbranched alkanes of at least 4 members (excludes halogenated alkanes) is 1. The minimum absolute atomic E-state index is 0.0500. The lowest BCUT2D eigenvalue weighted by atomic mass is 9.85. The van der Waals surface area contributed by atoms with E-state index in [0.717, 1.165) is 38.5 Å². The largest absolute Gasteiger partial charge is 0.481 e. The highest BCUT2D eigenvalue weighted by Gasteiger charge is 2.48. The summed E-state index contributed by atoms with van der Waals surface area (Å²) >= 11 is 0. The van der Waals surface area contributed by atoms with Gasteiger partial charge in [-0.15, -0.1) is 0 Å².